The zero-order valence-corrected chi connectivity index (χ0v) is 16.8. The molecule has 27 heavy (non-hydrogen) atoms. The van der Waals surface area contributed by atoms with Crippen molar-refractivity contribution < 1.29 is 23.3 Å². The SMILES string of the molecule is CCCCCC1COC(C2COC(CCc3ccc(Cl)c(F)c3)OC2)OC1. The zero-order chi connectivity index (χ0) is 19.1. The molecule has 2 aliphatic heterocycles. The molecular formula is C21H30ClFO4. The summed E-state index contributed by atoms with van der Waals surface area (Å²) < 4.78 is 37.0. The highest BCUT2D eigenvalue weighted by molar-refractivity contribution is 6.30. The number of benzene rings is 1. The summed E-state index contributed by atoms with van der Waals surface area (Å²) in [4.78, 5) is 0. The quantitative estimate of drug-likeness (QED) is 0.577. The summed E-state index contributed by atoms with van der Waals surface area (Å²) in [6.07, 6.45) is 5.78. The van der Waals surface area contributed by atoms with Gasteiger partial charge in [0.25, 0.3) is 0 Å². The second-order valence-electron chi connectivity index (χ2n) is 7.54. The zero-order valence-electron chi connectivity index (χ0n) is 16.0. The van der Waals surface area contributed by atoms with Crippen LogP contribution in [0.5, 0.6) is 0 Å². The van der Waals surface area contributed by atoms with Crippen molar-refractivity contribution in [2.75, 3.05) is 26.4 Å². The Kier molecular flexibility index (Phi) is 8.34. The van der Waals surface area contributed by atoms with Crippen molar-refractivity contribution in [3.63, 3.8) is 0 Å². The van der Waals surface area contributed by atoms with Crippen LogP contribution in [-0.4, -0.2) is 39.0 Å². The fraction of sp³-hybridized carbons (Fsp3) is 0.714. The third-order valence-corrected chi connectivity index (χ3v) is 5.54. The second-order valence-corrected chi connectivity index (χ2v) is 7.95. The van der Waals surface area contributed by atoms with Crippen LogP contribution in [0.4, 0.5) is 4.39 Å². The van der Waals surface area contributed by atoms with Crippen LogP contribution in [0.3, 0.4) is 0 Å². The van der Waals surface area contributed by atoms with E-state index in [4.69, 9.17) is 30.5 Å². The summed E-state index contributed by atoms with van der Waals surface area (Å²) in [5.74, 6) is 0.218. The van der Waals surface area contributed by atoms with Gasteiger partial charge in [-0.25, -0.2) is 4.39 Å². The Morgan fingerprint density at radius 1 is 1.00 bits per heavy atom. The Labute approximate surface area is 166 Å². The molecule has 0 saturated carbocycles. The van der Waals surface area contributed by atoms with Gasteiger partial charge in [0.15, 0.2) is 12.6 Å². The van der Waals surface area contributed by atoms with E-state index in [0.717, 1.165) is 18.8 Å². The largest absolute Gasteiger partial charge is 0.352 e. The molecule has 4 nitrogen and oxygen atoms in total. The topological polar surface area (TPSA) is 36.9 Å². The molecule has 1 aromatic carbocycles. The van der Waals surface area contributed by atoms with Crippen molar-refractivity contribution in [3.05, 3.63) is 34.6 Å². The minimum Gasteiger partial charge on any atom is -0.352 e. The van der Waals surface area contributed by atoms with Crippen molar-refractivity contribution in [1.82, 2.24) is 0 Å². The van der Waals surface area contributed by atoms with Crippen molar-refractivity contribution in [2.24, 2.45) is 11.8 Å². The molecular weight excluding hydrogens is 371 g/mol. The molecule has 2 heterocycles. The Morgan fingerprint density at radius 3 is 2.41 bits per heavy atom. The third-order valence-electron chi connectivity index (χ3n) is 5.24. The molecule has 0 radical (unpaired) electrons. The summed E-state index contributed by atoms with van der Waals surface area (Å²) in [7, 11) is 0. The van der Waals surface area contributed by atoms with E-state index in [-0.39, 0.29) is 29.3 Å². The van der Waals surface area contributed by atoms with Crippen molar-refractivity contribution in [1.29, 1.82) is 0 Å². The average Bonchev–Trinajstić information content (AvgIpc) is 2.70. The normalized spacial score (nSPS) is 29.0. The van der Waals surface area contributed by atoms with Gasteiger partial charge in [-0.1, -0.05) is 43.9 Å². The Morgan fingerprint density at radius 2 is 1.74 bits per heavy atom. The first kappa shape index (κ1) is 21.0. The minimum absolute atomic E-state index is 0.103. The molecule has 0 bridgehead atoms. The maximum absolute atomic E-state index is 13.5. The van der Waals surface area contributed by atoms with E-state index >= 15 is 0 Å². The number of unbranched alkanes of at least 4 members (excludes halogenated alkanes) is 2. The lowest BCUT2D eigenvalue weighted by atomic mass is 10.0. The van der Waals surface area contributed by atoms with Gasteiger partial charge in [0, 0.05) is 12.3 Å². The predicted molar refractivity (Wildman–Crippen MR) is 102 cm³/mol. The number of ether oxygens (including phenoxy) is 4. The third kappa shape index (κ3) is 6.40. The van der Waals surface area contributed by atoms with Crippen molar-refractivity contribution in [3.8, 4) is 0 Å². The highest BCUT2D eigenvalue weighted by Crippen LogP contribution is 2.26. The van der Waals surface area contributed by atoms with Crippen molar-refractivity contribution >= 4 is 11.6 Å². The van der Waals surface area contributed by atoms with Crippen LogP contribution in [-0.2, 0) is 25.4 Å². The first-order chi connectivity index (χ1) is 13.2. The molecule has 6 heteroatoms. The molecule has 1 aromatic rings. The smallest absolute Gasteiger partial charge is 0.164 e. The van der Waals surface area contributed by atoms with Crippen LogP contribution >= 0.6 is 11.6 Å². The molecule has 2 saturated heterocycles. The maximum atomic E-state index is 13.5. The number of rotatable bonds is 8. The second kappa shape index (κ2) is 10.7. The predicted octanol–water partition coefficient (Wildman–Crippen LogP) is 4.97. The highest BCUT2D eigenvalue weighted by Gasteiger charge is 2.33. The summed E-state index contributed by atoms with van der Waals surface area (Å²) in [5, 5.41) is 0.145. The summed E-state index contributed by atoms with van der Waals surface area (Å²) in [6.45, 7) is 4.86. The molecule has 0 amide bonds. The average molecular weight is 401 g/mol. The molecule has 0 atom stereocenters. The minimum atomic E-state index is -0.390. The van der Waals surface area contributed by atoms with Gasteiger partial charge in [0.2, 0.25) is 0 Å². The lowest BCUT2D eigenvalue weighted by Gasteiger charge is -2.37. The summed E-state index contributed by atoms with van der Waals surface area (Å²) in [6, 6.07) is 4.88. The lowest BCUT2D eigenvalue weighted by molar-refractivity contribution is -0.281. The van der Waals surface area contributed by atoms with Gasteiger partial charge in [0.1, 0.15) is 5.82 Å². The van der Waals surface area contributed by atoms with Crippen LogP contribution < -0.4 is 0 Å². The molecule has 0 unspecified atom stereocenters. The fourth-order valence-corrected chi connectivity index (χ4v) is 3.66. The number of hydrogen-bond donors (Lipinski definition) is 0. The van der Waals surface area contributed by atoms with Crippen molar-refractivity contribution in [2.45, 2.75) is 58.0 Å². The molecule has 0 aromatic heterocycles. The van der Waals surface area contributed by atoms with Gasteiger partial charge in [-0.3, -0.25) is 0 Å². The van der Waals surface area contributed by atoms with E-state index in [9.17, 15) is 4.39 Å². The molecule has 0 aliphatic carbocycles. The Hall–Kier alpha value is -0.720. The van der Waals surface area contributed by atoms with Gasteiger partial charge in [-0.15, -0.1) is 0 Å². The maximum Gasteiger partial charge on any atom is 0.164 e. The van der Waals surface area contributed by atoms with Gasteiger partial charge in [-0.05, 0) is 30.5 Å². The van der Waals surface area contributed by atoms with E-state index in [1.807, 2.05) is 6.07 Å². The fourth-order valence-electron chi connectivity index (χ4n) is 3.54. The number of aryl methyl sites for hydroxylation is 1. The van der Waals surface area contributed by atoms with Crippen LogP contribution in [0.2, 0.25) is 5.02 Å². The van der Waals surface area contributed by atoms with Crippen LogP contribution in [0.1, 0.15) is 44.6 Å². The monoisotopic (exact) mass is 400 g/mol. The van der Waals surface area contributed by atoms with Gasteiger partial charge in [-0.2, -0.15) is 0 Å². The van der Waals surface area contributed by atoms with E-state index in [0.29, 0.717) is 32.0 Å². The lowest BCUT2D eigenvalue weighted by Crippen LogP contribution is -2.44. The van der Waals surface area contributed by atoms with Gasteiger partial charge < -0.3 is 18.9 Å². The van der Waals surface area contributed by atoms with E-state index in [1.165, 1.54) is 31.7 Å². The summed E-state index contributed by atoms with van der Waals surface area (Å²) >= 11 is 5.71. The molecule has 152 valence electrons. The van der Waals surface area contributed by atoms with Crippen LogP contribution in [0, 0.1) is 17.7 Å². The number of halogens is 2. The van der Waals surface area contributed by atoms with E-state index in [1.54, 1.807) is 6.07 Å². The van der Waals surface area contributed by atoms with E-state index in [2.05, 4.69) is 6.92 Å². The van der Waals surface area contributed by atoms with Crippen LogP contribution in [0.15, 0.2) is 18.2 Å². The first-order valence-electron chi connectivity index (χ1n) is 10.1. The number of hydrogen-bond acceptors (Lipinski definition) is 4. The Balaban J connectivity index is 1.34. The van der Waals surface area contributed by atoms with Gasteiger partial charge in [0.05, 0.1) is 37.4 Å². The van der Waals surface area contributed by atoms with E-state index < -0.39 is 0 Å². The molecule has 0 N–H and O–H groups in total. The standard InChI is InChI=1S/C21H30ClFO4/c1-2-3-4-5-16-11-26-21(27-12-16)17-13-24-20(25-14-17)9-7-15-6-8-18(22)19(23)10-15/h6,8,10,16-17,20-21H,2-5,7,9,11-14H2,1H3. The first-order valence-corrected chi connectivity index (χ1v) is 10.4. The molecule has 0 spiro atoms. The Bertz CT molecular complexity index is 569. The molecule has 3 rings (SSSR count). The molecule has 2 fully saturated rings. The van der Waals surface area contributed by atoms with Crippen LogP contribution in [0.25, 0.3) is 0 Å². The van der Waals surface area contributed by atoms with Gasteiger partial charge >= 0.3 is 0 Å². The molecule has 2 aliphatic rings. The highest BCUT2D eigenvalue weighted by atomic mass is 35.5. The summed E-state index contributed by atoms with van der Waals surface area (Å²) in [5.41, 5.74) is 0.888.